The SMILES string of the molecule is CCOCCCNC(=O)N(C)C1COCC1C(=O)O. The van der Waals surface area contributed by atoms with E-state index in [1.165, 1.54) is 4.90 Å². The summed E-state index contributed by atoms with van der Waals surface area (Å²) in [4.78, 5) is 24.3. The fraction of sp³-hybridized carbons (Fsp3) is 0.833. The number of likely N-dealkylation sites (N-methyl/N-ethyl adjacent to an activating group) is 1. The number of rotatable bonds is 7. The lowest BCUT2D eigenvalue weighted by atomic mass is 10.0. The molecule has 1 fully saturated rings. The van der Waals surface area contributed by atoms with Crippen molar-refractivity contribution < 1.29 is 24.2 Å². The number of nitrogens with one attached hydrogen (secondary N) is 1. The number of carbonyl (C=O) groups excluding carboxylic acids is 1. The first-order valence-electron chi connectivity index (χ1n) is 6.46. The molecule has 1 aliphatic heterocycles. The smallest absolute Gasteiger partial charge is 0.317 e. The minimum absolute atomic E-state index is 0.155. The normalized spacial score (nSPS) is 22.2. The second kappa shape index (κ2) is 7.96. The number of nitrogens with zero attached hydrogens (tertiary/aromatic N) is 1. The van der Waals surface area contributed by atoms with Crippen molar-refractivity contribution in [2.24, 2.45) is 5.92 Å². The van der Waals surface area contributed by atoms with Gasteiger partial charge in [0, 0.05) is 26.8 Å². The van der Waals surface area contributed by atoms with Crippen LogP contribution in [0.2, 0.25) is 0 Å². The molecule has 0 aromatic carbocycles. The molecule has 0 aliphatic carbocycles. The van der Waals surface area contributed by atoms with Crippen LogP contribution in [0.4, 0.5) is 4.79 Å². The molecular weight excluding hydrogens is 252 g/mol. The number of ether oxygens (including phenoxy) is 2. The predicted octanol–water partition coefficient (Wildman–Crippen LogP) is 0.154. The van der Waals surface area contributed by atoms with Crippen LogP contribution in [0.5, 0.6) is 0 Å². The van der Waals surface area contributed by atoms with Gasteiger partial charge in [0.2, 0.25) is 0 Å². The summed E-state index contributed by atoms with van der Waals surface area (Å²) in [6.45, 7) is 4.10. The topological polar surface area (TPSA) is 88.1 Å². The van der Waals surface area contributed by atoms with Crippen LogP contribution in [0.3, 0.4) is 0 Å². The van der Waals surface area contributed by atoms with Gasteiger partial charge < -0.3 is 24.8 Å². The molecule has 2 unspecified atom stereocenters. The van der Waals surface area contributed by atoms with E-state index in [-0.39, 0.29) is 19.2 Å². The average Bonchev–Trinajstić information content (AvgIpc) is 2.86. The number of hydrogen-bond acceptors (Lipinski definition) is 4. The second-order valence-corrected chi connectivity index (χ2v) is 4.44. The molecule has 1 saturated heterocycles. The van der Waals surface area contributed by atoms with Crippen LogP contribution in [0.1, 0.15) is 13.3 Å². The zero-order valence-corrected chi connectivity index (χ0v) is 11.4. The molecule has 1 rings (SSSR count). The van der Waals surface area contributed by atoms with Crippen LogP contribution in [0.25, 0.3) is 0 Å². The summed E-state index contributed by atoms with van der Waals surface area (Å²) in [5.41, 5.74) is 0. The van der Waals surface area contributed by atoms with Gasteiger partial charge in [-0.3, -0.25) is 4.79 Å². The Kier molecular flexibility index (Phi) is 6.58. The minimum Gasteiger partial charge on any atom is -0.481 e. The molecule has 0 spiro atoms. The highest BCUT2D eigenvalue weighted by molar-refractivity contribution is 5.77. The van der Waals surface area contributed by atoms with Crippen molar-refractivity contribution in [3.63, 3.8) is 0 Å². The third kappa shape index (κ3) is 4.68. The summed E-state index contributed by atoms with van der Waals surface area (Å²) < 4.78 is 10.3. The zero-order chi connectivity index (χ0) is 14.3. The highest BCUT2D eigenvalue weighted by Gasteiger charge is 2.38. The Bertz CT molecular complexity index is 310. The molecule has 7 nitrogen and oxygen atoms in total. The third-order valence-corrected chi connectivity index (χ3v) is 3.13. The fourth-order valence-corrected chi connectivity index (χ4v) is 1.95. The molecule has 19 heavy (non-hydrogen) atoms. The van der Waals surface area contributed by atoms with E-state index in [4.69, 9.17) is 14.6 Å². The standard InChI is InChI=1S/C12H22N2O5/c1-3-18-6-4-5-13-12(17)14(2)10-8-19-7-9(10)11(15)16/h9-10H,3-8H2,1-2H3,(H,13,17)(H,15,16). The Morgan fingerprint density at radius 1 is 1.47 bits per heavy atom. The van der Waals surface area contributed by atoms with Crippen LogP contribution in [0.15, 0.2) is 0 Å². The van der Waals surface area contributed by atoms with Crippen molar-refractivity contribution in [3.05, 3.63) is 0 Å². The Labute approximate surface area is 112 Å². The maximum Gasteiger partial charge on any atom is 0.317 e. The summed E-state index contributed by atoms with van der Waals surface area (Å²) in [7, 11) is 1.59. The number of carboxylic acid groups (broad SMARTS) is 1. The Morgan fingerprint density at radius 2 is 2.21 bits per heavy atom. The van der Waals surface area contributed by atoms with Gasteiger partial charge in [0.1, 0.15) is 5.92 Å². The first kappa shape index (κ1) is 15.7. The maximum absolute atomic E-state index is 11.9. The van der Waals surface area contributed by atoms with E-state index in [0.29, 0.717) is 19.8 Å². The number of carboxylic acids is 1. The Balaban J connectivity index is 2.33. The van der Waals surface area contributed by atoms with Crippen LogP contribution in [-0.2, 0) is 14.3 Å². The van der Waals surface area contributed by atoms with Gasteiger partial charge in [-0.2, -0.15) is 0 Å². The molecule has 110 valence electrons. The molecule has 2 atom stereocenters. The molecule has 7 heteroatoms. The second-order valence-electron chi connectivity index (χ2n) is 4.44. The van der Waals surface area contributed by atoms with Crippen molar-refractivity contribution in [2.75, 3.05) is 40.0 Å². The third-order valence-electron chi connectivity index (χ3n) is 3.13. The van der Waals surface area contributed by atoms with Crippen molar-refractivity contribution in [2.45, 2.75) is 19.4 Å². The Morgan fingerprint density at radius 3 is 2.84 bits per heavy atom. The van der Waals surface area contributed by atoms with Gasteiger partial charge in [-0.25, -0.2) is 4.79 Å². The molecule has 0 aromatic rings. The first-order valence-corrected chi connectivity index (χ1v) is 6.46. The molecule has 2 N–H and O–H groups in total. The minimum atomic E-state index is -0.932. The lowest BCUT2D eigenvalue weighted by molar-refractivity contribution is -0.142. The fourth-order valence-electron chi connectivity index (χ4n) is 1.95. The molecular formula is C12H22N2O5. The molecule has 0 saturated carbocycles. The van der Waals surface area contributed by atoms with Crippen LogP contribution < -0.4 is 5.32 Å². The van der Waals surface area contributed by atoms with E-state index < -0.39 is 17.9 Å². The zero-order valence-electron chi connectivity index (χ0n) is 11.4. The van der Waals surface area contributed by atoms with Crippen LogP contribution in [0, 0.1) is 5.92 Å². The lowest BCUT2D eigenvalue weighted by Crippen LogP contribution is -2.48. The number of urea groups is 1. The van der Waals surface area contributed by atoms with E-state index in [0.717, 1.165) is 6.42 Å². The first-order chi connectivity index (χ1) is 9.07. The quantitative estimate of drug-likeness (QED) is 0.645. The maximum atomic E-state index is 11.9. The van der Waals surface area contributed by atoms with Gasteiger partial charge in [-0.15, -0.1) is 0 Å². The van der Waals surface area contributed by atoms with Gasteiger partial charge >= 0.3 is 12.0 Å². The highest BCUT2D eigenvalue weighted by atomic mass is 16.5. The lowest BCUT2D eigenvalue weighted by Gasteiger charge is -2.26. The monoisotopic (exact) mass is 274 g/mol. The number of amides is 2. The van der Waals surface area contributed by atoms with E-state index in [2.05, 4.69) is 5.32 Å². The van der Waals surface area contributed by atoms with Crippen molar-refractivity contribution in [3.8, 4) is 0 Å². The van der Waals surface area contributed by atoms with Gasteiger partial charge in [-0.1, -0.05) is 0 Å². The largest absolute Gasteiger partial charge is 0.481 e. The average molecular weight is 274 g/mol. The molecule has 0 radical (unpaired) electrons. The molecule has 2 amide bonds. The summed E-state index contributed by atoms with van der Waals surface area (Å²) in [6.07, 6.45) is 0.733. The molecule has 0 bridgehead atoms. The van der Waals surface area contributed by atoms with Gasteiger partial charge in [0.05, 0.1) is 19.3 Å². The van der Waals surface area contributed by atoms with Gasteiger partial charge in [0.15, 0.2) is 0 Å². The van der Waals surface area contributed by atoms with E-state index in [1.54, 1.807) is 7.05 Å². The molecule has 1 heterocycles. The predicted molar refractivity (Wildman–Crippen MR) is 68.0 cm³/mol. The van der Waals surface area contributed by atoms with Crippen molar-refractivity contribution in [1.82, 2.24) is 10.2 Å². The van der Waals surface area contributed by atoms with Crippen molar-refractivity contribution in [1.29, 1.82) is 0 Å². The van der Waals surface area contributed by atoms with E-state index >= 15 is 0 Å². The molecule has 1 aliphatic rings. The van der Waals surface area contributed by atoms with Gasteiger partial charge in [0.25, 0.3) is 0 Å². The van der Waals surface area contributed by atoms with Crippen LogP contribution in [-0.4, -0.2) is 68.1 Å². The summed E-state index contributed by atoms with van der Waals surface area (Å²) in [5, 5.41) is 11.8. The van der Waals surface area contributed by atoms with E-state index in [1.807, 2.05) is 6.92 Å². The van der Waals surface area contributed by atoms with Crippen molar-refractivity contribution >= 4 is 12.0 Å². The highest BCUT2D eigenvalue weighted by Crippen LogP contribution is 2.18. The summed E-state index contributed by atoms with van der Waals surface area (Å²) >= 11 is 0. The molecule has 0 aromatic heterocycles. The van der Waals surface area contributed by atoms with Crippen LogP contribution >= 0.6 is 0 Å². The summed E-state index contributed by atoms with van der Waals surface area (Å²) in [5.74, 6) is -1.59. The summed E-state index contributed by atoms with van der Waals surface area (Å²) in [6, 6.07) is -0.692. The number of carbonyl (C=O) groups is 2. The number of hydrogen-bond donors (Lipinski definition) is 2. The number of aliphatic carboxylic acids is 1. The van der Waals surface area contributed by atoms with Gasteiger partial charge in [-0.05, 0) is 13.3 Å². The Hall–Kier alpha value is -1.34. The van der Waals surface area contributed by atoms with E-state index in [9.17, 15) is 9.59 Å².